The molecule has 0 aliphatic rings. The van der Waals surface area contributed by atoms with E-state index in [1.165, 1.54) is 24.3 Å². The van der Waals surface area contributed by atoms with Gasteiger partial charge in [0, 0.05) is 11.6 Å². The van der Waals surface area contributed by atoms with Gasteiger partial charge in [-0.1, -0.05) is 29.3 Å². The van der Waals surface area contributed by atoms with E-state index in [4.69, 9.17) is 23.2 Å². The Hall–Kier alpha value is -1.39. The number of benzene rings is 2. The molecule has 0 N–H and O–H groups in total. The average Bonchev–Trinajstić information content (AvgIpc) is 2.32. The number of hydrogen-bond acceptors (Lipinski definition) is 1. The van der Waals surface area contributed by atoms with Gasteiger partial charge in [0.05, 0.1) is 10.0 Å². The third kappa shape index (κ3) is 3.33. The Morgan fingerprint density at radius 1 is 0.947 bits per heavy atom. The van der Waals surface area contributed by atoms with E-state index in [1.54, 1.807) is 6.07 Å². The molecule has 2 aromatic rings. The summed E-state index contributed by atoms with van der Waals surface area (Å²) in [5, 5.41) is 0.634. The number of alkyl halides is 2. The molecule has 0 saturated heterocycles. The summed E-state index contributed by atoms with van der Waals surface area (Å²) >= 11 is 11.6. The third-order valence-corrected chi connectivity index (χ3v) is 3.14. The van der Waals surface area contributed by atoms with Crippen molar-refractivity contribution in [2.75, 3.05) is 0 Å². The van der Waals surface area contributed by atoms with Gasteiger partial charge in [0.2, 0.25) is 0 Å². The van der Waals surface area contributed by atoms with Crippen LogP contribution < -0.4 is 4.74 Å². The number of hydrogen-bond donors (Lipinski definition) is 0. The first-order valence-corrected chi connectivity index (χ1v) is 5.93. The molecule has 1 nitrogen and oxygen atoms in total. The van der Waals surface area contributed by atoms with Crippen molar-refractivity contribution in [1.82, 2.24) is 0 Å². The highest BCUT2D eigenvalue weighted by Crippen LogP contribution is 2.31. The van der Waals surface area contributed by atoms with Crippen LogP contribution in [0.25, 0.3) is 11.1 Å². The Labute approximate surface area is 117 Å². The maximum atomic E-state index is 13.8. The summed E-state index contributed by atoms with van der Waals surface area (Å²) < 4.78 is 41.9. The van der Waals surface area contributed by atoms with Gasteiger partial charge in [0.1, 0.15) is 11.6 Å². The molecule has 0 radical (unpaired) electrons. The fraction of sp³-hybridized carbons (Fsp3) is 0.0769. The Kier molecular flexibility index (Phi) is 4.22. The zero-order valence-electron chi connectivity index (χ0n) is 9.34. The van der Waals surface area contributed by atoms with Gasteiger partial charge in [-0.2, -0.15) is 8.78 Å². The van der Waals surface area contributed by atoms with Crippen LogP contribution in [0, 0.1) is 5.82 Å². The minimum atomic E-state index is -2.99. The van der Waals surface area contributed by atoms with E-state index in [-0.39, 0.29) is 16.3 Å². The fourth-order valence-corrected chi connectivity index (χ4v) is 1.87. The predicted octanol–water partition coefficient (Wildman–Crippen LogP) is 5.40. The lowest BCUT2D eigenvalue weighted by Gasteiger charge is -2.08. The maximum absolute atomic E-state index is 13.8. The predicted molar refractivity (Wildman–Crippen MR) is 68.5 cm³/mol. The van der Waals surface area contributed by atoms with Gasteiger partial charge >= 0.3 is 6.61 Å². The Morgan fingerprint density at radius 3 is 2.26 bits per heavy atom. The molecule has 0 bridgehead atoms. The molecule has 0 heterocycles. The second kappa shape index (κ2) is 5.72. The van der Waals surface area contributed by atoms with Crippen molar-refractivity contribution in [2.24, 2.45) is 0 Å². The molecule has 0 fully saturated rings. The minimum absolute atomic E-state index is 0.222. The highest BCUT2D eigenvalue weighted by molar-refractivity contribution is 6.42. The van der Waals surface area contributed by atoms with Gasteiger partial charge in [-0.15, -0.1) is 0 Å². The van der Waals surface area contributed by atoms with Gasteiger partial charge in [-0.3, -0.25) is 0 Å². The lowest BCUT2D eigenvalue weighted by Crippen LogP contribution is -2.02. The Bertz CT molecular complexity index is 602. The molecule has 2 aromatic carbocycles. The molecular weight excluding hydrogens is 300 g/mol. The van der Waals surface area contributed by atoms with Crippen molar-refractivity contribution in [3.05, 3.63) is 52.3 Å². The Balaban J connectivity index is 2.37. The van der Waals surface area contributed by atoms with Gasteiger partial charge < -0.3 is 4.74 Å². The molecule has 0 spiro atoms. The second-order valence-electron chi connectivity index (χ2n) is 3.65. The highest BCUT2D eigenvalue weighted by Gasteiger charge is 2.11. The molecular formula is C13H7Cl2F3O. The van der Waals surface area contributed by atoms with Crippen LogP contribution in [0.1, 0.15) is 0 Å². The van der Waals surface area contributed by atoms with Crippen molar-refractivity contribution in [3.8, 4) is 16.9 Å². The summed E-state index contributed by atoms with van der Waals surface area (Å²) in [5.74, 6) is -0.923. The molecule has 19 heavy (non-hydrogen) atoms. The number of halogens is 5. The normalized spacial score (nSPS) is 10.8. The van der Waals surface area contributed by atoms with Gasteiger partial charge in [0.15, 0.2) is 0 Å². The van der Waals surface area contributed by atoms with Crippen LogP contribution in [-0.2, 0) is 0 Å². The summed E-state index contributed by atoms with van der Waals surface area (Å²) in [6.07, 6.45) is 0. The summed E-state index contributed by atoms with van der Waals surface area (Å²) in [4.78, 5) is 0. The van der Waals surface area contributed by atoms with Crippen molar-refractivity contribution >= 4 is 23.2 Å². The van der Waals surface area contributed by atoms with Crippen LogP contribution in [0.3, 0.4) is 0 Å². The molecule has 100 valence electrons. The quantitative estimate of drug-likeness (QED) is 0.737. The van der Waals surface area contributed by atoms with Gasteiger partial charge in [-0.25, -0.2) is 4.39 Å². The molecule has 0 atom stereocenters. The van der Waals surface area contributed by atoms with Gasteiger partial charge in [0.25, 0.3) is 0 Å². The topological polar surface area (TPSA) is 9.23 Å². The van der Waals surface area contributed by atoms with Crippen LogP contribution in [0.2, 0.25) is 10.0 Å². The summed E-state index contributed by atoms with van der Waals surface area (Å²) in [6.45, 7) is -2.99. The highest BCUT2D eigenvalue weighted by atomic mass is 35.5. The van der Waals surface area contributed by atoms with Crippen LogP contribution in [0.4, 0.5) is 13.2 Å². The van der Waals surface area contributed by atoms with E-state index in [0.29, 0.717) is 10.6 Å². The van der Waals surface area contributed by atoms with Gasteiger partial charge in [-0.05, 0) is 29.8 Å². The number of ether oxygens (including phenoxy) is 1. The molecule has 6 heteroatoms. The fourth-order valence-electron chi connectivity index (χ4n) is 1.57. The molecule has 0 aliphatic carbocycles. The monoisotopic (exact) mass is 306 g/mol. The molecule has 0 unspecified atom stereocenters. The molecule has 0 amide bonds. The van der Waals surface area contributed by atoms with Crippen molar-refractivity contribution in [1.29, 1.82) is 0 Å². The van der Waals surface area contributed by atoms with Crippen molar-refractivity contribution in [2.45, 2.75) is 6.61 Å². The van der Waals surface area contributed by atoms with Crippen molar-refractivity contribution < 1.29 is 17.9 Å². The van der Waals surface area contributed by atoms with E-state index in [2.05, 4.69) is 4.74 Å². The van der Waals surface area contributed by atoms with E-state index >= 15 is 0 Å². The minimum Gasteiger partial charge on any atom is -0.435 e. The smallest absolute Gasteiger partial charge is 0.387 e. The van der Waals surface area contributed by atoms with E-state index in [9.17, 15) is 13.2 Å². The molecule has 0 saturated carbocycles. The molecule has 2 rings (SSSR count). The Morgan fingerprint density at radius 2 is 1.68 bits per heavy atom. The maximum Gasteiger partial charge on any atom is 0.387 e. The van der Waals surface area contributed by atoms with E-state index < -0.39 is 12.4 Å². The summed E-state index contributed by atoms with van der Waals surface area (Å²) in [7, 11) is 0. The zero-order valence-corrected chi connectivity index (χ0v) is 10.9. The average molecular weight is 307 g/mol. The van der Waals surface area contributed by atoms with Crippen LogP contribution in [-0.4, -0.2) is 6.61 Å². The van der Waals surface area contributed by atoms with E-state index in [0.717, 1.165) is 6.07 Å². The van der Waals surface area contributed by atoms with Crippen LogP contribution in [0.15, 0.2) is 36.4 Å². The summed E-state index contributed by atoms with van der Waals surface area (Å²) in [6, 6.07) is 8.10. The van der Waals surface area contributed by atoms with Crippen LogP contribution >= 0.6 is 23.2 Å². The van der Waals surface area contributed by atoms with E-state index in [1.807, 2.05) is 0 Å². The largest absolute Gasteiger partial charge is 0.435 e. The third-order valence-electron chi connectivity index (χ3n) is 2.40. The first-order chi connectivity index (χ1) is 8.97. The zero-order chi connectivity index (χ0) is 14.0. The number of rotatable bonds is 3. The molecule has 0 aliphatic heterocycles. The SMILES string of the molecule is Fc1cc(OC(F)F)ccc1-c1ccc(Cl)c(Cl)c1. The van der Waals surface area contributed by atoms with Crippen LogP contribution in [0.5, 0.6) is 5.75 Å². The van der Waals surface area contributed by atoms with Crippen molar-refractivity contribution in [3.63, 3.8) is 0 Å². The first kappa shape index (κ1) is 14.0. The lowest BCUT2D eigenvalue weighted by molar-refractivity contribution is -0.0499. The standard InChI is InChI=1S/C13H7Cl2F3O/c14-10-4-1-7(5-11(10)15)9-3-2-8(6-12(9)16)19-13(17)18/h1-6,13H. The first-order valence-electron chi connectivity index (χ1n) is 5.17. The second-order valence-corrected chi connectivity index (χ2v) is 4.46. The summed E-state index contributed by atoms with van der Waals surface area (Å²) in [5.41, 5.74) is 0.718. The molecule has 0 aromatic heterocycles. The lowest BCUT2D eigenvalue weighted by atomic mass is 10.1.